The number of unbranched alkanes of at least 4 members (excludes halogenated alkanes) is 14. The van der Waals surface area contributed by atoms with Gasteiger partial charge in [0.2, 0.25) is 3.79 Å². The van der Waals surface area contributed by atoms with Crippen LogP contribution >= 0.6 is 34.8 Å². The van der Waals surface area contributed by atoms with Crippen molar-refractivity contribution in [1.82, 2.24) is 10.6 Å². The third kappa shape index (κ3) is 26.9. The van der Waals surface area contributed by atoms with E-state index >= 15 is 0 Å². The fraction of sp³-hybridized carbons (Fsp3) is 0.765. The second kappa shape index (κ2) is 34.5. The molecule has 0 saturated carbocycles. The minimum absolute atomic E-state index is 0.0103. The molecule has 7 atom stereocenters. The zero-order valence-electron chi connectivity index (χ0n) is 41.5. The highest BCUT2D eigenvalue weighted by atomic mass is 35.6. The van der Waals surface area contributed by atoms with Gasteiger partial charge in [0.25, 0.3) is 0 Å². The molecule has 2 N–H and O–H groups in total. The van der Waals surface area contributed by atoms with E-state index in [0.717, 1.165) is 50.5 Å². The normalized spacial score (nSPS) is 20.7. The molecule has 2 aliphatic heterocycles. The molecule has 0 aromatic heterocycles. The first-order valence-corrected chi connectivity index (χ1v) is 26.4. The largest absolute Gasteiger partial charge is 0.462 e. The Hall–Kier alpha value is -2.89. The highest BCUT2D eigenvalue weighted by Gasteiger charge is 2.54. The summed E-state index contributed by atoms with van der Waals surface area (Å²) < 4.78 is 51.8. The molecule has 1 aromatic carbocycles. The van der Waals surface area contributed by atoms with Crippen molar-refractivity contribution >= 4 is 58.9 Å². The van der Waals surface area contributed by atoms with Gasteiger partial charge in [-0.1, -0.05) is 182 Å². The van der Waals surface area contributed by atoms with Crippen LogP contribution in [0.15, 0.2) is 43.0 Å². The van der Waals surface area contributed by atoms with Crippen molar-refractivity contribution in [2.24, 2.45) is 0 Å². The van der Waals surface area contributed by atoms with Gasteiger partial charge in [0.15, 0.2) is 18.2 Å². The van der Waals surface area contributed by atoms with Crippen LogP contribution in [0.5, 0.6) is 0 Å². The Morgan fingerprint density at radius 3 is 2.12 bits per heavy atom. The first-order valence-electron chi connectivity index (χ1n) is 25.3. The number of ether oxygens (including phenoxy) is 9. The summed E-state index contributed by atoms with van der Waals surface area (Å²) in [7, 11) is 0. The fourth-order valence-corrected chi connectivity index (χ4v) is 8.23. The van der Waals surface area contributed by atoms with Crippen molar-refractivity contribution in [2.75, 3.05) is 33.0 Å². The van der Waals surface area contributed by atoms with Crippen molar-refractivity contribution in [3.8, 4) is 0 Å². The van der Waals surface area contributed by atoms with Crippen LogP contribution in [-0.2, 0) is 58.8 Å². The van der Waals surface area contributed by atoms with Gasteiger partial charge in [-0.15, -0.1) is 0 Å². The number of fused-ring (bicyclic) bond motifs is 1. The average Bonchev–Trinajstić information content (AvgIpc) is 3.30. The maximum Gasteiger partial charge on any atom is 0.407 e. The number of rotatable bonds is 35. The number of hydrogen-bond donors (Lipinski definition) is 2. The molecule has 0 spiro atoms. The van der Waals surface area contributed by atoms with Crippen LogP contribution in [-0.4, -0.2) is 110 Å². The standard InChI is InChI=1S/C51H81Cl3N2O13/c1-6-9-11-13-15-16-18-19-24-28-40(66-42(57)29-25-20-17-14-12-10-7-2)33-43(58)68-46-44(56-49(60)64-37-51(52,53)54)47(67-41-36-65-50(4,5)69-45(41)46)63-35-39(55-48(59)62-31-8-3)30-32-61-34-38-26-22-21-23-27-38/h8,21-23,26-27,39-41,44-47H,3,6-7,9-20,24-25,28-37H2,1-2,4-5H3,(H,55,59)(H,56,60)/t39-,40+,41+,44+,45+,46+,47?/m0/s1. The van der Waals surface area contributed by atoms with E-state index in [0.29, 0.717) is 19.4 Å². The van der Waals surface area contributed by atoms with E-state index in [-0.39, 0.29) is 51.7 Å². The summed E-state index contributed by atoms with van der Waals surface area (Å²) in [5, 5.41) is 5.49. The molecule has 3 rings (SSSR count). The fourth-order valence-electron chi connectivity index (χ4n) is 8.07. The topological polar surface area (TPSA) is 175 Å². The molecule has 18 heteroatoms. The number of carbonyl (C=O) groups excluding carboxylic acids is 4. The van der Waals surface area contributed by atoms with Crippen molar-refractivity contribution in [3.63, 3.8) is 0 Å². The highest BCUT2D eigenvalue weighted by molar-refractivity contribution is 6.67. The minimum Gasteiger partial charge on any atom is -0.462 e. The number of esters is 2. The Morgan fingerprint density at radius 2 is 1.48 bits per heavy atom. The summed E-state index contributed by atoms with van der Waals surface area (Å²) in [6.45, 7) is 11.2. The number of hydrogen-bond acceptors (Lipinski definition) is 13. The SMILES string of the molecule is C=CCOC(=O)N[C@@H](CCOCc1ccccc1)COC1O[C@@H]2COC(C)(C)O[C@H]2[C@H](OC(=O)C[C@@H](CCCCCCCCCCC)OC(=O)CCCCCCCCC)[C@H]1NC(=O)OCC(Cl)(Cl)Cl. The lowest BCUT2D eigenvalue weighted by Crippen LogP contribution is -2.69. The van der Waals surface area contributed by atoms with E-state index in [1.807, 2.05) is 30.3 Å². The average molecular weight is 1040 g/mol. The number of carbonyl (C=O) groups is 4. The second-order valence-corrected chi connectivity index (χ2v) is 20.9. The molecular formula is C51H81Cl3N2O13. The van der Waals surface area contributed by atoms with Crippen LogP contribution in [0.3, 0.4) is 0 Å². The second-order valence-electron chi connectivity index (χ2n) is 18.3. The van der Waals surface area contributed by atoms with Gasteiger partial charge in [-0.25, -0.2) is 9.59 Å². The van der Waals surface area contributed by atoms with Gasteiger partial charge in [0.05, 0.1) is 32.3 Å². The summed E-state index contributed by atoms with van der Waals surface area (Å²) in [6.07, 6.45) is 12.6. The number of amides is 2. The first-order chi connectivity index (χ1) is 33.1. The van der Waals surface area contributed by atoms with E-state index in [1.54, 1.807) is 13.8 Å². The Kier molecular flexibility index (Phi) is 30.2. The third-order valence-electron chi connectivity index (χ3n) is 11.7. The molecule has 2 saturated heterocycles. The lowest BCUT2D eigenvalue weighted by Gasteiger charge is -2.50. The van der Waals surface area contributed by atoms with Crippen molar-refractivity contribution < 1.29 is 61.8 Å². The summed E-state index contributed by atoms with van der Waals surface area (Å²) in [5.74, 6) is -2.20. The molecule has 2 heterocycles. The lowest BCUT2D eigenvalue weighted by atomic mass is 9.95. The molecule has 0 bridgehead atoms. The van der Waals surface area contributed by atoms with Crippen LogP contribution in [0.4, 0.5) is 9.59 Å². The number of alkyl halides is 3. The zero-order chi connectivity index (χ0) is 50.3. The predicted molar refractivity (Wildman–Crippen MR) is 266 cm³/mol. The van der Waals surface area contributed by atoms with E-state index in [2.05, 4.69) is 31.1 Å². The molecular weight excluding hydrogens is 955 g/mol. The molecule has 2 aliphatic rings. The highest BCUT2D eigenvalue weighted by Crippen LogP contribution is 2.35. The van der Waals surface area contributed by atoms with Crippen LogP contribution in [0.25, 0.3) is 0 Å². The van der Waals surface area contributed by atoms with E-state index in [1.165, 1.54) is 57.4 Å². The van der Waals surface area contributed by atoms with Crippen molar-refractivity contribution in [3.05, 3.63) is 48.6 Å². The maximum absolute atomic E-state index is 14.2. The minimum atomic E-state index is -1.93. The first kappa shape index (κ1) is 60.4. The third-order valence-corrected chi connectivity index (χ3v) is 12.1. The van der Waals surface area contributed by atoms with Crippen LogP contribution in [0.2, 0.25) is 0 Å². The summed E-state index contributed by atoms with van der Waals surface area (Å²) >= 11 is 17.8. The summed E-state index contributed by atoms with van der Waals surface area (Å²) in [4.78, 5) is 53.7. The maximum atomic E-state index is 14.2. The molecule has 1 unspecified atom stereocenters. The van der Waals surface area contributed by atoms with Gasteiger partial charge in [0.1, 0.15) is 37.6 Å². The smallest absolute Gasteiger partial charge is 0.407 e. The Morgan fingerprint density at radius 1 is 0.841 bits per heavy atom. The van der Waals surface area contributed by atoms with Crippen LogP contribution < -0.4 is 10.6 Å². The molecule has 2 amide bonds. The molecule has 1 aromatic rings. The molecule has 0 radical (unpaired) electrons. The van der Waals surface area contributed by atoms with Crippen LogP contribution in [0, 0.1) is 0 Å². The van der Waals surface area contributed by atoms with Gasteiger partial charge in [0, 0.05) is 13.0 Å². The molecule has 0 aliphatic carbocycles. The number of nitrogens with one attached hydrogen (secondary N) is 2. The van der Waals surface area contributed by atoms with Gasteiger partial charge < -0.3 is 53.3 Å². The Balaban J connectivity index is 1.84. The van der Waals surface area contributed by atoms with Gasteiger partial charge in [-0.05, 0) is 45.1 Å². The van der Waals surface area contributed by atoms with E-state index in [4.69, 9.17) is 77.4 Å². The molecule has 15 nitrogen and oxygen atoms in total. The zero-order valence-corrected chi connectivity index (χ0v) is 43.8. The van der Waals surface area contributed by atoms with Gasteiger partial charge in [-0.2, -0.15) is 0 Å². The lowest BCUT2D eigenvalue weighted by molar-refractivity contribution is -0.369. The predicted octanol–water partition coefficient (Wildman–Crippen LogP) is 11.5. The van der Waals surface area contributed by atoms with Crippen molar-refractivity contribution in [2.45, 2.75) is 215 Å². The number of benzene rings is 1. The molecule has 69 heavy (non-hydrogen) atoms. The Labute approximate surface area is 426 Å². The summed E-state index contributed by atoms with van der Waals surface area (Å²) in [5.41, 5.74) is 0.974. The molecule has 394 valence electrons. The van der Waals surface area contributed by atoms with E-state index < -0.39 is 77.1 Å². The summed E-state index contributed by atoms with van der Waals surface area (Å²) in [6, 6.07) is 7.65. The van der Waals surface area contributed by atoms with Crippen LogP contribution in [0.1, 0.15) is 162 Å². The van der Waals surface area contributed by atoms with Crippen molar-refractivity contribution in [1.29, 1.82) is 0 Å². The molecule has 2 fully saturated rings. The monoisotopic (exact) mass is 1030 g/mol. The number of halogens is 3. The quantitative estimate of drug-likeness (QED) is 0.0216. The van der Waals surface area contributed by atoms with E-state index in [9.17, 15) is 19.2 Å². The van der Waals surface area contributed by atoms with Gasteiger partial charge in [-0.3, -0.25) is 9.59 Å². The van der Waals surface area contributed by atoms with Gasteiger partial charge >= 0.3 is 24.1 Å². The number of alkyl carbamates (subject to hydrolysis) is 2. The Bertz CT molecular complexity index is 1600.